The number of para-hydroxylation sites is 1. The second-order valence-corrected chi connectivity index (χ2v) is 9.84. The normalized spacial score (nSPS) is 14.1. The molecule has 0 saturated carbocycles. The van der Waals surface area contributed by atoms with Crippen LogP contribution in [-0.2, 0) is 32.0 Å². The number of hydrogen-bond donors (Lipinski definition) is 7. The first kappa shape index (κ1) is 30.3. The molecule has 0 aliphatic heterocycles. The van der Waals surface area contributed by atoms with Crippen LogP contribution in [0.1, 0.15) is 37.3 Å². The summed E-state index contributed by atoms with van der Waals surface area (Å²) in [4.78, 5) is 53.8. The summed E-state index contributed by atoms with van der Waals surface area (Å²) in [6, 6.07) is 12.7. The molecule has 3 amide bonds. The third kappa shape index (κ3) is 8.65. The van der Waals surface area contributed by atoms with Gasteiger partial charge in [0.1, 0.15) is 18.1 Å². The van der Waals surface area contributed by atoms with Gasteiger partial charge in [-0.15, -0.1) is 0 Å². The number of aliphatic carboxylic acids is 1. The van der Waals surface area contributed by atoms with E-state index in [2.05, 4.69) is 20.9 Å². The van der Waals surface area contributed by atoms with E-state index in [0.29, 0.717) is 32.2 Å². The van der Waals surface area contributed by atoms with Gasteiger partial charge in [-0.2, -0.15) is 0 Å². The molecule has 0 bridgehead atoms. The van der Waals surface area contributed by atoms with Gasteiger partial charge in [0.15, 0.2) is 0 Å². The number of nitrogens with one attached hydrogen (secondary N) is 4. The summed E-state index contributed by atoms with van der Waals surface area (Å²) in [6.07, 6.45) is 3.61. The highest BCUT2D eigenvalue weighted by Crippen LogP contribution is 2.19. The topological polar surface area (TPSA) is 192 Å². The Morgan fingerprint density at radius 1 is 0.850 bits per heavy atom. The van der Waals surface area contributed by atoms with Crippen LogP contribution in [0.15, 0.2) is 60.8 Å². The van der Waals surface area contributed by atoms with Crippen molar-refractivity contribution >= 4 is 34.6 Å². The molecule has 0 fully saturated rings. The SMILES string of the molecule is CC(NC(=O)C(CCCCN)NC(=O)C(N)Cc1ccccc1)C(=O)NC(Cc1c[nH]c2ccccc12)C(=O)O. The maximum Gasteiger partial charge on any atom is 0.326 e. The minimum absolute atomic E-state index is 0.0584. The first-order valence-corrected chi connectivity index (χ1v) is 13.4. The van der Waals surface area contributed by atoms with Gasteiger partial charge in [0.05, 0.1) is 6.04 Å². The largest absolute Gasteiger partial charge is 0.480 e. The molecule has 1 heterocycles. The Morgan fingerprint density at radius 2 is 1.52 bits per heavy atom. The van der Waals surface area contributed by atoms with Crippen LogP contribution in [0.4, 0.5) is 0 Å². The molecule has 214 valence electrons. The minimum Gasteiger partial charge on any atom is -0.480 e. The van der Waals surface area contributed by atoms with Gasteiger partial charge in [-0.3, -0.25) is 14.4 Å². The lowest BCUT2D eigenvalue weighted by atomic mass is 10.0. The Morgan fingerprint density at radius 3 is 2.23 bits per heavy atom. The van der Waals surface area contributed by atoms with Crippen LogP contribution in [0.3, 0.4) is 0 Å². The Kier molecular flexibility index (Phi) is 11.2. The van der Waals surface area contributed by atoms with Gasteiger partial charge in [-0.05, 0) is 56.3 Å². The highest BCUT2D eigenvalue weighted by atomic mass is 16.4. The summed E-state index contributed by atoms with van der Waals surface area (Å²) < 4.78 is 0. The first-order valence-electron chi connectivity index (χ1n) is 13.4. The number of carboxylic acid groups (broad SMARTS) is 1. The van der Waals surface area contributed by atoms with Crippen molar-refractivity contribution in [2.45, 2.75) is 63.2 Å². The number of amides is 3. The molecule has 11 nitrogen and oxygen atoms in total. The van der Waals surface area contributed by atoms with Gasteiger partial charge in [0, 0.05) is 23.5 Å². The van der Waals surface area contributed by atoms with Crippen LogP contribution in [0.25, 0.3) is 10.9 Å². The van der Waals surface area contributed by atoms with E-state index in [1.807, 2.05) is 54.6 Å². The van der Waals surface area contributed by atoms with Crippen LogP contribution >= 0.6 is 0 Å². The number of H-pyrrole nitrogens is 1. The molecule has 4 unspecified atom stereocenters. The van der Waals surface area contributed by atoms with Crippen LogP contribution in [-0.4, -0.2) is 64.5 Å². The van der Waals surface area contributed by atoms with Crippen molar-refractivity contribution in [1.29, 1.82) is 0 Å². The number of hydrogen-bond acceptors (Lipinski definition) is 6. The average molecular weight is 551 g/mol. The van der Waals surface area contributed by atoms with Crippen molar-refractivity contribution in [3.05, 3.63) is 71.9 Å². The van der Waals surface area contributed by atoms with Gasteiger partial charge in [-0.25, -0.2) is 4.79 Å². The van der Waals surface area contributed by atoms with Crippen molar-refractivity contribution in [3.8, 4) is 0 Å². The van der Waals surface area contributed by atoms with Crippen molar-refractivity contribution in [2.75, 3.05) is 6.54 Å². The summed E-state index contributed by atoms with van der Waals surface area (Å²) >= 11 is 0. The smallest absolute Gasteiger partial charge is 0.326 e. The van der Waals surface area contributed by atoms with Gasteiger partial charge in [-0.1, -0.05) is 48.5 Å². The quantitative estimate of drug-likeness (QED) is 0.137. The fraction of sp³-hybridized carbons (Fsp3) is 0.379. The summed E-state index contributed by atoms with van der Waals surface area (Å²) in [5, 5.41) is 18.4. The highest BCUT2D eigenvalue weighted by Gasteiger charge is 2.28. The third-order valence-corrected chi connectivity index (χ3v) is 6.68. The molecule has 0 aliphatic rings. The summed E-state index contributed by atoms with van der Waals surface area (Å²) in [7, 11) is 0. The number of unbranched alkanes of at least 4 members (excludes halogenated alkanes) is 1. The number of carbonyl (C=O) groups excluding carboxylic acids is 3. The zero-order valence-electron chi connectivity index (χ0n) is 22.6. The monoisotopic (exact) mass is 550 g/mol. The van der Waals surface area contributed by atoms with Gasteiger partial charge in [0.25, 0.3) is 0 Å². The van der Waals surface area contributed by atoms with Crippen molar-refractivity contribution < 1.29 is 24.3 Å². The molecule has 40 heavy (non-hydrogen) atoms. The Bertz CT molecular complexity index is 1290. The molecule has 2 aromatic carbocycles. The number of aromatic nitrogens is 1. The number of benzene rings is 2. The molecule has 0 radical (unpaired) electrons. The van der Waals surface area contributed by atoms with Crippen LogP contribution in [0.2, 0.25) is 0 Å². The second-order valence-electron chi connectivity index (χ2n) is 9.84. The number of nitrogens with two attached hydrogens (primary N) is 2. The zero-order valence-corrected chi connectivity index (χ0v) is 22.6. The van der Waals surface area contributed by atoms with Crippen LogP contribution < -0.4 is 27.4 Å². The Hall–Kier alpha value is -4.22. The molecule has 3 rings (SSSR count). The lowest BCUT2D eigenvalue weighted by molar-refractivity contribution is -0.142. The Balaban J connectivity index is 1.60. The fourth-order valence-corrected chi connectivity index (χ4v) is 4.40. The van der Waals surface area contributed by atoms with Gasteiger partial charge < -0.3 is 37.5 Å². The number of carboxylic acids is 1. The van der Waals surface area contributed by atoms with Crippen molar-refractivity contribution in [3.63, 3.8) is 0 Å². The first-order chi connectivity index (χ1) is 19.2. The predicted octanol–water partition coefficient (Wildman–Crippen LogP) is 0.968. The number of rotatable bonds is 15. The minimum atomic E-state index is -1.21. The Labute approximate surface area is 233 Å². The molecule has 0 saturated heterocycles. The molecule has 9 N–H and O–H groups in total. The van der Waals surface area contributed by atoms with E-state index >= 15 is 0 Å². The molecule has 11 heteroatoms. The van der Waals surface area contributed by atoms with Crippen LogP contribution in [0, 0.1) is 0 Å². The maximum absolute atomic E-state index is 13.1. The molecular formula is C29H38N6O5. The van der Waals surface area contributed by atoms with E-state index in [-0.39, 0.29) is 6.42 Å². The van der Waals surface area contributed by atoms with Gasteiger partial charge >= 0.3 is 5.97 Å². The lowest BCUT2D eigenvalue weighted by Crippen LogP contribution is -2.56. The second kappa shape index (κ2) is 14.8. The highest BCUT2D eigenvalue weighted by molar-refractivity contribution is 5.94. The van der Waals surface area contributed by atoms with Crippen molar-refractivity contribution in [2.24, 2.45) is 11.5 Å². The van der Waals surface area contributed by atoms with E-state index in [4.69, 9.17) is 11.5 Å². The van der Waals surface area contributed by atoms with E-state index in [0.717, 1.165) is 22.0 Å². The van der Waals surface area contributed by atoms with E-state index in [1.54, 1.807) is 6.20 Å². The van der Waals surface area contributed by atoms with Crippen molar-refractivity contribution in [1.82, 2.24) is 20.9 Å². The third-order valence-electron chi connectivity index (χ3n) is 6.68. The van der Waals surface area contributed by atoms with Crippen LogP contribution in [0.5, 0.6) is 0 Å². The summed E-state index contributed by atoms with van der Waals surface area (Å²) in [6.45, 7) is 1.89. The number of fused-ring (bicyclic) bond motifs is 1. The standard InChI is InChI=1S/C29H38N6O5/c1-18(26(36)35-25(29(39)40)16-20-17-32-23-12-6-5-11-21(20)23)33-28(38)24(13-7-8-14-30)34-27(37)22(31)15-19-9-3-2-4-10-19/h2-6,9-12,17-18,22,24-25,32H,7-8,13-16,30-31H2,1H3,(H,33,38)(H,34,37)(H,35,36)(H,39,40). The average Bonchev–Trinajstić information content (AvgIpc) is 3.35. The molecule has 3 aromatic rings. The molecule has 0 aliphatic carbocycles. The lowest BCUT2D eigenvalue weighted by Gasteiger charge is -2.23. The number of carbonyl (C=O) groups is 4. The summed E-state index contributed by atoms with van der Waals surface area (Å²) in [5.74, 6) is -2.91. The predicted molar refractivity (Wildman–Crippen MR) is 152 cm³/mol. The van der Waals surface area contributed by atoms with E-state index in [9.17, 15) is 24.3 Å². The zero-order chi connectivity index (χ0) is 29.1. The molecule has 1 aromatic heterocycles. The summed E-state index contributed by atoms with van der Waals surface area (Å²) in [5.41, 5.74) is 14.2. The molecule has 4 atom stereocenters. The van der Waals surface area contributed by atoms with E-state index < -0.39 is 47.9 Å². The maximum atomic E-state index is 13.1. The molecule has 0 spiro atoms. The van der Waals surface area contributed by atoms with Gasteiger partial charge in [0.2, 0.25) is 17.7 Å². The van der Waals surface area contributed by atoms with E-state index in [1.165, 1.54) is 6.92 Å². The molecular weight excluding hydrogens is 512 g/mol. The number of aromatic amines is 1. The fourth-order valence-electron chi connectivity index (χ4n) is 4.40.